The third-order valence-corrected chi connectivity index (χ3v) is 3.29. The lowest BCUT2D eigenvalue weighted by Gasteiger charge is -2.19. The summed E-state index contributed by atoms with van der Waals surface area (Å²) < 4.78 is 10.7. The normalized spacial score (nSPS) is 10.9. The van der Waals surface area contributed by atoms with Gasteiger partial charge in [-0.1, -0.05) is 11.6 Å². The van der Waals surface area contributed by atoms with Crippen molar-refractivity contribution >= 4 is 23.6 Å². The fourth-order valence-corrected chi connectivity index (χ4v) is 2.19. The average Bonchev–Trinajstić information content (AvgIpc) is 2.48. The Kier molecular flexibility index (Phi) is 8.55. The lowest BCUT2D eigenvalue weighted by Crippen LogP contribution is -2.37. The van der Waals surface area contributed by atoms with Gasteiger partial charge in [0.1, 0.15) is 11.4 Å². The first-order valence-corrected chi connectivity index (χ1v) is 8.67. The van der Waals surface area contributed by atoms with Gasteiger partial charge in [0.25, 0.3) is 0 Å². The van der Waals surface area contributed by atoms with Gasteiger partial charge in [0.15, 0.2) is 0 Å². The summed E-state index contributed by atoms with van der Waals surface area (Å²) in [5.41, 5.74) is 0.431. The second kappa shape index (κ2) is 10.1. The Hall–Kier alpha value is -1.95. The second-order valence-electron chi connectivity index (χ2n) is 6.64. The number of alkyl carbamates (subject to hydrolysis) is 1. The fraction of sp³-hybridized carbons (Fsp3) is 0.556. The molecule has 7 heteroatoms. The van der Waals surface area contributed by atoms with Gasteiger partial charge in [0, 0.05) is 24.5 Å². The van der Waals surface area contributed by atoms with Crippen LogP contribution in [0.15, 0.2) is 18.2 Å². The molecule has 6 nitrogen and oxygen atoms in total. The molecule has 140 valence electrons. The summed E-state index contributed by atoms with van der Waals surface area (Å²) in [4.78, 5) is 23.1. The number of hydrogen-bond donors (Lipinski definition) is 2. The average molecular weight is 371 g/mol. The van der Waals surface area contributed by atoms with Crippen LogP contribution in [0.1, 0.15) is 39.2 Å². The van der Waals surface area contributed by atoms with Gasteiger partial charge < -0.3 is 20.1 Å². The minimum atomic E-state index is -0.532. The Balaban J connectivity index is 2.10. The molecule has 0 atom stereocenters. The monoisotopic (exact) mass is 370 g/mol. The van der Waals surface area contributed by atoms with Gasteiger partial charge in [0.2, 0.25) is 5.91 Å². The molecular weight excluding hydrogens is 344 g/mol. The van der Waals surface area contributed by atoms with Gasteiger partial charge in [-0.05, 0) is 57.9 Å². The molecule has 0 aliphatic rings. The number of ether oxygens (including phenoxy) is 2. The first kappa shape index (κ1) is 21.1. The molecular formula is C18H27ClN2O4. The molecule has 2 N–H and O–H groups in total. The summed E-state index contributed by atoms with van der Waals surface area (Å²) in [6.07, 6.45) is 0.473. The molecule has 1 aromatic carbocycles. The number of hydrogen-bond acceptors (Lipinski definition) is 4. The van der Waals surface area contributed by atoms with E-state index < -0.39 is 11.7 Å². The molecule has 0 fully saturated rings. The highest BCUT2D eigenvalue weighted by Gasteiger charge is 2.15. The van der Waals surface area contributed by atoms with E-state index in [0.29, 0.717) is 37.6 Å². The van der Waals surface area contributed by atoms with Crippen LogP contribution in [0, 0.1) is 6.92 Å². The molecule has 0 aliphatic heterocycles. The molecule has 0 aromatic heterocycles. The lowest BCUT2D eigenvalue weighted by molar-refractivity contribution is -0.121. The van der Waals surface area contributed by atoms with Crippen LogP contribution in [-0.4, -0.2) is 37.3 Å². The highest BCUT2D eigenvalue weighted by molar-refractivity contribution is 6.30. The maximum Gasteiger partial charge on any atom is 0.407 e. The van der Waals surface area contributed by atoms with E-state index >= 15 is 0 Å². The summed E-state index contributed by atoms with van der Waals surface area (Å²) in [6.45, 7) is 8.43. The number of rotatable bonds is 8. The van der Waals surface area contributed by atoms with Crippen molar-refractivity contribution in [3.63, 3.8) is 0 Å². The van der Waals surface area contributed by atoms with E-state index in [9.17, 15) is 9.59 Å². The standard InChI is InChI=1S/C18H27ClN2O4/c1-13-12-14(19)7-8-15(13)24-11-5-6-16(22)20-9-10-21-17(23)25-18(2,3)4/h7-8,12H,5-6,9-11H2,1-4H3,(H,20,22)(H,21,23). The van der Waals surface area contributed by atoms with Crippen LogP contribution in [-0.2, 0) is 9.53 Å². The largest absolute Gasteiger partial charge is 0.493 e. The van der Waals surface area contributed by atoms with E-state index in [1.807, 2.05) is 19.1 Å². The Morgan fingerprint density at radius 1 is 1.16 bits per heavy atom. The molecule has 1 aromatic rings. The highest BCUT2D eigenvalue weighted by atomic mass is 35.5. The first-order chi connectivity index (χ1) is 11.7. The number of carbonyl (C=O) groups is 2. The van der Waals surface area contributed by atoms with Gasteiger partial charge >= 0.3 is 6.09 Å². The van der Waals surface area contributed by atoms with Crippen LogP contribution in [0.5, 0.6) is 5.75 Å². The summed E-state index contributed by atoms with van der Waals surface area (Å²) in [5.74, 6) is 0.689. The van der Waals surface area contributed by atoms with Crippen LogP contribution < -0.4 is 15.4 Å². The maximum atomic E-state index is 11.7. The second-order valence-corrected chi connectivity index (χ2v) is 7.08. The number of carbonyl (C=O) groups excluding carboxylic acids is 2. The Bertz CT molecular complexity index is 585. The van der Waals surface area contributed by atoms with Crippen molar-refractivity contribution < 1.29 is 19.1 Å². The molecule has 25 heavy (non-hydrogen) atoms. The third kappa shape index (κ3) is 9.82. The zero-order valence-corrected chi connectivity index (χ0v) is 16.0. The van der Waals surface area contributed by atoms with E-state index in [-0.39, 0.29) is 5.91 Å². The zero-order chi connectivity index (χ0) is 18.9. The number of amides is 2. The number of aryl methyl sites for hydroxylation is 1. The Morgan fingerprint density at radius 2 is 1.84 bits per heavy atom. The van der Waals surface area contributed by atoms with Crippen LogP contribution >= 0.6 is 11.6 Å². The van der Waals surface area contributed by atoms with E-state index in [4.69, 9.17) is 21.1 Å². The summed E-state index contributed by atoms with van der Waals surface area (Å²) in [7, 11) is 0. The molecule has 0 saturated carbocycles. The lowest BCUT2D eigenvalue weighted by atomic mass is 10.2. The van der Waals surface area contributed by atoms with Crippen molar-refractivity contribution in [2.45, 2.75) is 46.1 Å². The van der Waals surface area contributed by atoms with Gasteiger partial charge in [-0.2, -0.15) is 0 Å². The van der Waals surface area contributed by atoms with Crippen molar-refractivity contribution in [1.82, 2.24) is 10.6 Å². The van der Waals surface area contributed by atoms with Gasteiger partial charge in [0.05, 0.1) is 6.61 Å². The molecule has 0 saturated heterocycles. The molecule has 0 unspecified atom stereocenters. The highest BCUT2D eigenvalue weighted by Crippen LogP contribution is 2.21. The Labute approximate surface area is 154 Å². The predicted octanol–water partition coefficient (Wildman–Crippen LogP) is 3.45. The third-order valence-electron chi connectivity index (χ3n) is 3.06. The number of nitrogens with one attached hydrogen (secondary N) is 2. The molecule has 0 spiro atoms. The first-order valence-electron chi connectivity index (χ1n) is 8.30. The van der Waals surface area contributed by atoms with E-state index in [1.54, 1.807) is 26.8 Å². The molecule has 0 heterocycles. The van der Waals surface area contributed by atoms with Crippen LogP contribution in [0.4, 0.5) is 4.79 Å². The minimum absolute atomic E-state index is 0.0811. The van der Waals surface area contributed by atoms with E-state index in [0.717, 1.165) is 11.3 Å². The van der Waals surface area contributed by atoms with Crippen LogP contribution in [0.3, 0.4) is 0 Å². The quantitative estimate of drug-likeness (QED) is 0.687. The maximum absolute atomic E-state index is 11.7. The van der Waals surface area contributed by atoms with E-state index in [2.05, 4.69) is 10.6 Å². The zero-order valence-electron chi connectivity index (χ0n) is 15.3. The minimum Gasteiger partial charge on any atom is -0.493 e. The van der Waals surface area contributed by atoms with Gasteiger partial charge in [-0.3, -0.25) is 4.79 Å². The van der Waals surface area contributed by atoms with Crippen LogP contribution in [0.25, 0.3) is 0 Å². The summed E-state index contributed by atoms with van der Waals surface area (Å²) in [5, 5.41) is 5.99. The summed E-state index contributed by atoms with van der Waals surface area (Å²) >= 11 is 5.89. The van der Waals surface area contributed by atoms with Gasteiger partial charge in [-0.15, -0.1) is 0 Å². The predicted molar refractivity (Wildman–Crippen MR) is 98.2 cm³/mol. The topological polar surface area (TPSA) is 76.7 Å². The van der Waals surface area contributed by atoms with Crippen LogP contribution in [0.2, 0.25) is 5.02 Å². The molecule has 2 amide bonds. The van der Waals surface area contributed by atoms with Gasteiger partial charge in [-0.25, -0.2) is 4.79 Å². The van der Waals surface area contributed by atoms with Crippen molar-refractivity contribution in [2.75, 3.05) is 19.7 Å². The number of halogens is 1. The van der Waals surface area contributed by atoms with E-state index in [1.165, 1.54) is 0 Å². The van der Waals surface area contributed by atoms with Crippen molar-refractivity contribution in [3.05, 3.63) is 28.8 Å². The van der Waals surface area contributed by atoms with Crippen molar-refractivity contribution in [3.8, 4) is 5.75 Å². The smallest absolute Gasteiger partial charge is 0.407 e. The molecule has 0 radical (unpaired) electrons. The molecule has 0 bridgehead atoms. The Morgan fingerprint density at radius 3 is 2.48 bits per heavy atom. The van der Waals surface area contributed by atoms with Crippen molar-refractivity contribution in [2.24, 2.45) is 0 Å². The summed E-state index contributed by atoms with van der Waals surface area (Å²) in [6, 6.07) is 5.43. The fourth-order valence-electron chi connectivity index (χ4n) is 1.96. The molecule has 0 aliphatic carbocycles. The van der Waals surface area contributed by atoms with Crippen molar-refractivity contribution in [1.29, 1.82) is 0 Å². The SMILES string of the molecule is Cc1cc(Cl)ccc1OCCCC(=O)NCCNC(=O)OC(C)(C)C. The number of benzene rings is 1. The molecule has 1 rings (SSSR count).